The second kappa shape index (κ2) is 10.7. The van der Waals surface area contributed by atoms with Gasteiger partial charge in [-0.2, -0.15) is 0 Å². The van der Waals surface area contributed by atoms with Gasteiger partial charge in [-0.05, 0) is 27.5 Å². The van der Waals surface area contributed by atoms with Crippen molar-refractivity contribution in [3.05, 3.63) is 120 Å². The molecule has 0 amide bonds. The predicted molar refractivity (Wildman–Crippen MR) is 162 cm³/mol. The Bertz CT molecular complexity index is 1670. The van der Waals surface area contributed by atoms with Crippen molar-refractivity contribution in [1.82, 2.24) is 19.9 Å². The molecule has 0 saturated carbocycles. The van der Waals surface area contributed by atoms with Crippen molar-refractivity contribution in [2.75, 3.05) is 0 Å². The molecule has 0 N–H and O–H groups in total. The number of benzene rings is 3. The average molecular weight is 716 g/mol. The van der Waals surface area contributed by atoms with Crippen molar-refractivity contribution in [3.63, 3.8) is 0 Å². The minimum Gasteiger partial charge on any atom is -0.304 e. The van der Waals surface area contributed by atoms with Crippen LogP contribution in [0.2, 0.25) is 0 Å². The fraction of sp³-hybridized carbons (Fsp3) is 0.278. The van der Waals surface area contributed by atoms with Crippen LogP contribution in [-0.4, -0.2) is 19.9 Å². The summed E-state index contributed by atoms with van der Waals surface area (Å²) in [6.07, 6.45) is 2.50. The molecule has 209 valence electrons. The fourth-order valence-electron chi connectivity index (χ4n) is 5.94. The third-order valence-electron chi connectivity index (χ3n) is 9.64. The summed E-state index contributed by atoms with van der Waals surface area (Å²) in [5.41, 5.74) is 7.86. The van der Waals surface area contributed by atoms with Crippen molar-refractivity contribution in [2.45, 2.75) is 58.8 Å². The number of aromatic nitrogens is 4. The summed E-state index contributed by atoms with van der Waals surface area (Å²) in [4.78, 5) is 19.4. The van der Waals surface area contributed by atoms with Crippen molar-refractivity contribution >= 4 is 0 Å². The van der Waals surface area contributed by atoms with Crippen LogP contribution in [0.25, 0.3) is 34.0 Å². The molecule has 5 aromatic rings. The van der Waals surface area contributed by atoms with Crippen LogP contribution in [0.3, 0.4) is 0 Å². The largest absolute Gasteiger partial charge is 0.304 e. The fourth-order valence-corrected chi connectivity index (χ4v) is 5.94. The van der Waals surface area contributed by atoms with Gasteiger partial charge in [0.05, 0.1) is 0 Å². The molecular weight excluding hydrogens is 681 g/mol. The Morgan fingerprint density at radius 3 is 1.90 bits per heavy atom. The van der Waals surface area contributed by atoms with Crippen LogP contribution in [0, 0.1) is 11.5 Å². The third-order valence-corrected chi connectivity index (χ3v) is 9.64. The van der Waals surface area contributed by atoms with Crippen LogP contribution in [0.5, 0.6) is 0 Å². The molecule has 4 nitrogen and oxygen atoms in total. The quantitative estimate of drug-likeness (QED) is 0.172. The Morgan fingerprint density at radius 2 is 1.27 bits per heavy atom. The molecule has 1 aliphatic rings. The number of hydrogen-bond acceptors (Lipinski definition) is 4. The molecule has 41 heavy (non-hydrogen) atoms. The smallest absolute Gasteiger partial charge is 0.165 e. The van der Waals surface area contributed by atoms with Crippen LogP contribution in [0.4, 0.5) is 0 Å². The minimum absolute atomic E-state index is 0. The first-order valence-corrected chi connectivity index (χ1v) is 14.0. The van der Waals surface area contributed by atoms with Crippen molar-refractivity contribution in [2.24, 2.45) is 5.41 Å². The van der Waals surface area contributed by atoms with Gasteiger partial charge in [-0.1, -0.05) is 114 Å². The van der Waals surface area contributed by atoms with Crippen molar-refractivity contribution in [1.29, 1.82) is 0 Å². The van der Waals surface area contributed by atoms with Gasteiger partial charge in [0, 0.05) is 43.8 Å². The first kappa shape index (κ1) is 29.0. The molecule has 0 aliphatic heterocycles. The predicted octanol–water partition coefficient (Wildman–Crippen LogP) is 8.25. The summed E-state index contributed by atoms with van der Waals surface area (Å²) in [7, 11) is 0. The van der Waals surface area contributed by atoms with Crippen molar-refractivity contribution in [3.8, 4) is 34.0 Å². The van der Waals surface area contributed by atoms with Crippen LogP contribution in [0.15, 0.2) is 91.1 Å². The summed E-state index contributed by atoms with van der Waals surface area (Å²) in [6.45, 7) is 14.2. The van der Waals surface area contributed by atoms with Gasteiger partial charge in [-0.15, -0.1) is 34.9 Å². The van der Waals surface area contributed by atoms with E-state index in [2.05, 4.69) is 84.0 Å². The molecule has 5 heteroatoms. The van der Waals surface area contributed by atoms with Crippen LogP contribution in [0.1, 0.15) is 64.1 Å². The average Bonchev–Trinajstić information content (AvgIpc) is 3.07. The molecule has 6 rings (SSSR count). The molecule has 0 atom stereocenters. The molecule has 0 saturated heterocycles. The molecule has 1 aliphatic carbocycles. The van der Waals surface area contributed by atoms with Gasteiger partial charge in [0.2, 0.25) is 0 Å². The number of fused-ring (bicyclic) bond motifs is 1. The van der Waals surface area contributed by atoms with E-state index in [-0.39, 0.29) is 36.4 Å². The monoisotopic (exact) mass is 716 g/mol. The molecule has 2 aromatic heterocycles. The molecular formula is C36H35IrN4-. The van der Waals surface area contributed by atoms with Gasteiger partial charge < -0.3 is 4.98 Å². The first-order valence-electron chi connectivity index (χ1n) is 14.0. The zero-order chi connectivity index (χ0) is 28.1. The summed E-state index contributed by atoms with van der Waals surface area (Å²) < 4.78 is 0. The normalized spacial score (nSPS) is 16.0. The van der Waals surface area contributed by atoms with Crippen molar-refractivity contribution < 1.29 is 20.1 Å². The van der Waals surface area contributed by atoms with E-state index in [0.717, 1.165) is 33.8 Å². The maximum atomic E-state index is 4.86. The molecule has 0 unspecified atom stereocenters. The summed E-state index contributed by atoms with van der Waals surface area (Å²) in [6, 6.07) is 32.5. The van der Waals surface area contributed by atoms with E-state index in [9.17, 15) is 0 Å². The summed E-state index contributed by atoms with van der Waals surface area (Å²) in [5.74, 6) is 2.03. The SMILES string of the molecule is CC1(C)c2c[c-]c(-c3ccc(-c4nc(Cc5ccccc5)nc(-c5ccccc5)n4)cn3)cc2C(C)(C)C1(C)C.[Ir]. The summed E-state index contributed by atoms with van der Waals surface area (Å²) in [5, 5.41) is 0. The van der Waals surface area contributed by atoms with Gasteiger partial charge in [0.15, 0.2) is 11.6 Å². The second-order valence-corrected chi connectivity index (χ2v) is 12.4. The van der Waals surface area contributed by atoms with Crippen LogP contribution < -0.4 is 0 Å². The molecule has 3 aromatic carbocycles. The maximum Gasteiger partial charge on any atom is 0.165 e. The molecule has 1 radical (unpaired) electrons. The first-order chi connectivity index (χ1) is 19.1. The maximum absolute atomic E-state index is 4.86. The number of rotatable bonds is 5. The van der Waals surface area contributed by atoms with Gasteiger partial charge in [0.25, 0.3) is 0 Å². The van der Waals surface area contributed by atoms with E-state index >= 15 is 0 Å². The Labute approximate surface area is 257 Å². The Balaban J connectivity index is 0.00000337. The van der Waals surface area contributed by atoms with E-state index in [4.69, 9.17) is 19.9 Å². The Kier molecular flexibility index (Phi) is 7.57. The zero-order valence-corrected chi connectivity index (χ0v) is 26.9. The number of pyridine rings is 1. The van der Waals surface area contributed by atoms with E-state index < -0.39 is 0 Å². The van der Waals surface area contributed by atoms with Gasteiger partial charge in [-0.25, -0.2) is 15.0 Å². The number of nitrogens with zero attached hydrogens (tertiary/aromatic N) is 4. The van der Waals surface area contributed by atoms with Gasteiger partial charge >= 0.3 is 0 Å². The van der Waals surface area contributed by atoms with E-state index in [1.54, 1.807) is 0 Å². The Hall–Kier alpha value is -3.53. The molecule has 0 fully saturated rings. The van der Waals surface area contributed by atoms with E-state index in [1.165, 1.54) is 11.1 Å². The van der Waals surface area contributed by atoms with Gasteiger partial charge in [0.1, 0.15) is 5.82 Å². The van der Waals surface area contributed by atoms with E-state index in [0.29, 0.717) is 18.1 Å². The topological polar surface area (TPSA) is 51.6 Å². The van der Waals surface area contributed by atoms with Gasteiger partial charge in [-0.3, -0.25) is 0 Å². The zero-order valence-electron chi connectivity index (χ0n) is 24.5. The third kappa shape index (κ3) is 4.96. The molecule has 2 heterocycles. The summed E-state index contributed by atoms with van der Waals surface area (Å²) >= 11 is 0. The molecule has 0 spiro atoms. The van der Waals surface area contributed by atoms with Crippen LogP contribution in [-0.2, 0) is 37.4 Å². The Morgan fingerprint density at radius 1 is 0.659 bits per heavy atom. The second-order valence-electron chi connectivity index (χ2n) is 12.4. The van der Waals surface area contributed by atoms with E-state index in [1.807, 2.05) is 54.7 Å². The molecule has 0 bridgehead atoms. The minimum atomic E-state index is 0. The standard InChI is InChI=1S/C36H35N4.Ir/c1-34(2)28-19-17-26(22-29(28)35(3,4)36(34,5)6)30-20-18-27(23-37-30)33-39-31(21-24-13-9-7-10-14-24)38-32(40-33)25-15-11-8-12-16-25;/h7-16,18-20,22-23H,21H2,1-6H3;/q-1;. The van der Waals surface area contributed by atoms with Crippen LogP contribution >= 0.6 is 0 Å². The number of hydrogen-bond donors (Lipinski definition) is 0.